The Kier molecular flexibility index (Phi) is 8.59. The summed E-state index contributed by atoms with van der Waals surface area (Å²) in [4.78, 5) is 21.2. The third-order valence-corrected chi connectivity index (χ3v) is 14.4. The molecule has 0 aliphatic heterocycles. The highest BCUT2D eigenvalue weighted by atomic mass is 16.3. The standard InChI is InChI=1S/C66H38N4O/c1-3-16-41-34-46(30-28-39(41)14-1)65-68-64(69-66(70-65)47-31-29-40-15-2-4-17-42(40)35-47)45-19-13-18-44(36-45)63-56-38-59-62(54-25-10-12-27-58(54)71-59)60(61(56)53-24-9-11-26-57(53)67-63)43-32-33-52-50-22-6-5-20-48(50)49-21-7-8-23-51(49)55(52)37-43/h1-38H. The second-order valence-electron chi connectivity index (χ2n) is 18.5. The number of pyridine rings is 1. The molecular formula is C66H38N4O. The highest BCUT2D eigenvalue weighted by Crippen LogP contribution is 2.48. The Balaban J connectivity index is 0.985. The first-order valence-electron chi connectivity index (χ1n) is 24.0. The fraction of sp³-hybridized carbons (Fsp3) is 0. The van der Waals surface area contributed by atoms with E-state index < -0.39 is 0 Å². The maximum Gasteiger partial charge on any atom is 0.164 e. The zero-order valence-electron chi connectivity index (χ0n) is 38.1. The molecule has 0 unspecified atom stereocenters. The first-order valence-corrected chi connectivity index (χ1v) is 24.0. The minimum atomic E-state index is 0.578. The van der Waals surface area contributed by atoms with Gasteiger partial charge in [-0.1, -0.05) is 188 Å². The maximum absolute atomic E-state index is 6.84. The van der Waals surface area contributed by atoms with Gasteiger partial charge in [-0.05, 0) is 102 Å². The van der Waals surface area contributed by atoms with Gasteiger partial charge in [-0.2, -0.15) is 0 Å². The first kappa shape index (κ1) is 39.4. The van der Waals surface area contributed by atoms with Crippen LogP contribution in [0.4, 0.5) is 0 Å². The fourth-order valence-corrected chi connectivity index (χ4v) is 11.1. The first-order chi connectivity index (χ1) is 35.2. The molecule has 0 spiro atoms. The second kappa shape index (κ2) is 15.5. The van der Waals surface area contributed by atoms with Crippen molar-refractivity contribution in [1.82, 2.24) is 19.9 Å². The topological polar surface area (TPSA) is 64.7 Å². The van der Waals surface area contributed by atoms with Gasteiger partial charge in [0.1, 0.15) is 11.2 Å². The van der Waals surface area contributed by atoms with Gasteiger partial charge in [0.25, 0.3) is 0 Å². The average Bonchev–Trinajstić information content (AvgIpc) is 3.82. The molecule has 0 amide bonds. The van der Waals surface area contributed by atoms with E-state index in [9.17, 15) is 0 Å². The lowest BCUT2D eigenvalue weighted by Gasteiger charge is -2.17. The molecule has 12 aromatic carbocycles. The minimum absolute atomic E-state index is 0.578. The Bertz CT molecular complexity index is 4590. The van der Waals surface area contributed by atoms with Crippen molar-refractivity contribution in [2.75, 3.05) is 0 Å². The van der Waals surface area contributed by atoms with Crippen molar-refractivity contribution >= 4 is 97.5 Å². The number of aromatic nitrogens is 4. The number of furan rings is 1. The third-order valence-electron chi connectivity index (χ3n) is 14.4. The summed E-state index contributed by atoms with van der Waals surface area (Å²) in [5.74, 6) is 1.79. The van der Waals surface area contributed by atoms with Crippen LogP contribution < -0.4 is 0 Å². The highest BCUT2D eigenvalue weighted by Gasteiger charge is 2.23. The van der Waals surface area contributed by atoms with Crippen LogP contribution in [0.5, 0.6) is 0 Å². The van der Waals surface area contributed by atoms with Crippen molar-refractivity contribution in [3.63, 3.8) is 0 Å². The largest absolute Gasteiger partial charge is 0.456 e. The normalized spacial score (nSPS) is 11.9. The Labute approximate surface area is 407 Å². The maximum atomic E-state index is 6.84. The van der Waals surface area contributed by atoms with Crippen LogP contribution in [0.1, 0.15) is 0 Å². The lowest BCUT2D eigenvalue weighted by atomic mass is 9.87. The summed E-state index contributed by atoms with van der Waals surface area (Å²) >= 11 is 0. The molecule has 5 nitrogen and oxygen atoms in total. The van der Waals surface area contributed by atoms with Crippen molar-refractivity contribution in [3.05, 3.63) is 231 Å². The smallest absolute Gasteiger partial charge is 0.164 e. The fourth-order valence-electron chi connectivity index (χ4n) is 11.1. The van der Waals surface area contributed by atoms with E-state index in [2.05, 4.69) is 224 Å². The van der Waals surface area contributed by atoms with Crippen LogP contribution in [0.2, 0.25) is 0 Å². The van der Waals surface area contributed by atoms with Crippen molar-refractivity contribution in [3.8, 4) is 56.5 Å². The minimum Gasteiger partial charge on any atom is -0.456 e. The van der Waals surface area contributed by atoms with Gasteiger partial charge >= 0.3 is 0 Å². The lowest BCUT2D eigenvalue weighted by Crippen LogP contribution is -2.00. The Morgan fingerprint density at radius 2 is 0.746 bits per heavy atom. The summed E-state index contributed by atoms with van der Waals surface area (Å²) in [6, 6.07) is 81.7. The number of benzene rings is 12. The number of nitrogens with zero attached hydrogens (tertiary/aromatic N) is 4. The number of hydrogen-bond acceptors (Lipinski definition) is 5. The molecule has 0 saturated heterocycles. The summed E-state index contributed by atoms with van der Waals surface area (Å²) in [6.45, 7) is 0. The number of rotatable bonds is 5. The number of para-hydroxylation sites is 2. The molecule has 328 valence electrons. The molecule has 0 N–H and O–H groups in total. The molecule has 3 heterocycles. The van der Waals surface area contributed by atoms with E-state index in [0.717, 1.165) is 104 Å². The van der Waals surface area contributed by atoms with Gasteiger partial charge in [0.2, 0.25) is 0 Å². The van der Waals surface area contributed by atoms with Crippen LogP contribution in [0.25, 0.3) is 154 Å². The van der Waals surface area contributed by atoms with Crippen LogP contribution in [0.15, 0.2) is 235 Å². The van der Waals surface area contributed by atoms with E-state index in [0.29, 0.717) is 17.5 Å². The van der Waals surface area contributed by atoms with Crippen molar-refractivity contribution in [2.45, 2.75) is 0 Å². The zero-order valence-corrected chi connectivity index (χ0v) is 38.1. The van der Waals surface area contributed by atoms with Gasteiger partial charge in [-0.15, -0.1) is 0 Å². The van der Waals surface area contributed by atoms with Gasteiger partial charge in [0.15, 0.2) is 17.5 Å². The summed E-state index contributed by atoms with van der Waals surface area (Å²) in [6.07, 6.45) is 0. The molecule has 0 saturated carbocycles. The molecule has 0 aliphatic rings. The molecule has 0 fully saturated rings. The lowest BCUT2D eigenvalue weighted by molar-refractivity contribution is 0.669. The summed E-state index contributed by atoms with van der Waals surface area (Å²) < 4.78 is 6.84. The summed E-state index contributed by atoms with van der Waals surface area (Å²) in [5.41, 5.74) is 9.28. The molecule has 0 aliphatic carbocycles. The molecule has 0 radical (unpaired) electrons. The summed E-state index contributed by atoms with van der Waals surface area (Å²) in [5, 5.41) is 17.3. The van der Waals surface area contributed by atoms with E-state index >= 15 is 0 Å². The van der Waals surface area contributed by atoms with Crippen LogP contribution in [0.3, 0.4) is 0 Å². The predicted molar refractivity (Wildman–Crippen MR) is 295 cm³/mol. The van der Waals surface area contributed by atoms with Crippen molar-refractivity contribution in [1.29, 1.82) is 0 Å². The monoisotopic (exact) mass is 902 g/mol. The second-order valence-corrected chi connectivity index (χ2v) is 18.5. The van der Waals surface area contributed by atoms with E-state index in [1.165, 1.54) is 32.3 Å². The van der Waals surface area contributed by atoms with Gasteiger partial charge in [-0.3, -0.25) is 0 Å². The molecule has 3 aromatic heterocycles. The molecule has 0 bridgehead atoms. The van der Waals surface area contributed by atoms with Crippen LogP contribution in [-0.2, 0) is 0 Å². The third kappa shape index (κ3) is 6.27. The molecule has 71 heavy (non-hydrogen) atoms. The quantitative estimate of drug-likeness (QED) is 0.161. The SMILES string of the molecule is c1cc(-c2nc(-c3ccc4ccccc4c3)nc(-c3ccc4ccccc4c3)n2)cc(-c2nc3ccccc3c3c(-c4ccc5c6ccccc6c6ccccc6c5c4)c4c(cc23)oc2ccccc24)c1. The van der Waals surface area contributed by atoms with E-state index in [1.54, 1.807) is 0 Å². The van der Waals surface area contributed by atoms with E-state index in [4.69, 9.17) is 24.4 Å². The zero-order chi connectivity index (χ0) is 46.6. The number of fused-ring (bicyclic) bond motifs is 14. The van der Waals surface area contributed by atoms with Crippen LogP contribution in [0, 0.1) is 0 Å². The van der Waals surface area contributed by atoms with Gasteiger partial charge < -0.3 is 4.42 Å². The molecule has 0 atom stereocenters. The van der Waals surface area contributed by atoms with Crippen molar-refractivity contribution in [2.24, 2.45) is 0 Å². The Morgan fingerprint density at radius 3 is 1.39 bits per heavy atom. The highest BCUT2D eigenvalue weighted by molar-refractivity contribution is 6.30. The predicted octanol–water partition coefficient (Wildman–Crippen LogP) is 17.6. The van der Waals surface area contributed by atoms with Gasteiger partial charge in [0, 0.05) is 54.7 Å². The summed E-state index contributed by atoms with van der Waals surface area (Å²) in [7, 11) is 0. The van der Waals surface area contributed by atoms with E-state index in [1.807, 2.05) is 6.07 Å². The van der Waals surface area contributed by atoms with E-state index in [-0.39, 0.29) is 0 Å². The van der Waals surface area contributed by atoms with Gasteiger partial charge in [-0.25, -0.2) is 19.9 Å². The van der Waals surface area contributed by atoms with Gasteiger partial charge in [0.05, 0.1) is 11.2 Å². The van der Waals surface area contributed by atoms with Crippen molar-refractivity contribution < 1.29 is 4.42 Å². The average molecular weight is 903 g/mol. The molecule has 5 heteroatoms. The Hall–Kier alpha value is -9.58. The number of hydrogen-bond donors (Lipinski definition) is 0. The molecule has 15 aromatic rings. The molecular weight excluding hydrogens is 865 g/mol. The molecule has 15 rings (SSSR count). The van der Waals surface area contributed by atoms with Crippen LogP contribution >= 0.6 is 0 Å². The Morgan fingerprint density at radius 1 is 0.254 bits per heavy atom. The van der Waals surface area contributed by atoms with Crippen LogP contribution in [-0.4, -0.2) is 19.9 Å².